The van der Waals surface area contributed by atoms with Crippen LogP contribution in [-0.2, 0) is 6.54 Å². The van der Waals surface area contributed by atoms with Gasteiger partial charge in [-0.3, -0.25) is 9.98 Å². The quantitative estimate of drug-likeness (QED) is 0.206. The molecule has 0 bridgehead atoms. The first-order chi connectivity index (χ1) is 20.7. The predicted octanol–water partition coefficient (Wildman–Crippen LogP) is 8.35. The third kappa shape index (κ3) is 4.23. The fourth-order valence-corrected chi connectivity index (χ4v) is 6.07. The largest absolute Gasteiger partial charge is 0.335 e. The van der Waals surface area contributed by atoms with E-state index in [2.05, 4.69) is 109 Å². The molecule has 0 saturated heterocycles. The predicted molar refractivity (Wildman–Crippen MR) is 178 cm³/mol. The Morgan fingerprint density at radius 3 is 2.33 bits per heavy atom. The van der Waals surface area contributed by atoms with Crippen molar-refractivity contribution in [1.82, 2.24) is 4.98 Å². The van der Waals surface area contributed by atoms with Crippen LogP contribution in [0.3, 0.4) is 0 Å². The summed E-state index contributed by atoms with van der Waals surface area (Å²) in [6.45, 7) is 12.8. The summed E-state index contributed by atoms with van der Waals surface area (Å²) >= 11 is 0. The molecular weight excluding hydrogens is 510 g/mol. The van der Waals surface area contributed by atoms with Crippen molar-refractivity contribution in [3.63, 3.8) is 0 Å². The van der Waals surface area contributed by atoms with Crippen molar-refractivity contribution in [3.8, 4) is 22.3 Å². The molecule has 0 N–H and O–H groups in total. The van der Waals surface area contributed by atoms with E-state index in [0.717, 1.165) is 60.7 Å². The van der Waals surface area contributed by atoms with Gasteiger partial charge in [0.2, 0.25) is 0 Å². The lowest BCUT2D eigenvalue weighted by atomic mass is 9.89. The van der Waals surface area contributed by atoms with Gasteiger partial charge in [0, 0.05) is 22.7 Å². The molecule has 2 heterocycles. The zero-order valence-electron chi connectivity index (χ0n) is 23.3. The van der Waals surface area contributed by atoms with Crippen LogP contribution in [0, 0.1) is 0 Å². The van der Waals surface area contributed by atoms with Crippen LogP contribution in [0.4, 0.5) is 17.1 Å². The van der Waals surface area contributed by atoms with E-state index in [4.69, 9.17) is 4.98 Å². The molecule has 5 aromatic carbocycles. The lowest BCUT2D eigenvalue weighted by Gasteiger charge is -2.34. The fraction of sp³-hybridized carbons (Fsp3) is 0.0256. The Morgan fingerprint density at radius 1 is 0.762 bits per heavy atom. The highest BCUT2D eigenvalue weighted by Crippen LogP contribution is 2.47. The first-order valence-electron chi connectivity index (χ1n) is 14.0. The number of rotatable bonds is 5. The van der Waals surface area contributed by atoms with Crippen LogP contribution in [0.15, 0.2) is 139 Å². The second-order valence-corrected chi connectivity index (χ2v) is 10.5. The SMILES string of the molecule is C=C/C(c1ccc(-c2ccc3c(c2)N(c2ccccc2N=C)Cc2c-3ccc3cccnc23)cc1)=c1/ccccc1=C. The molecule has 200 valence electrons. The van der Waals surface area contributed by atoms with Crippen LogP contribution in [-0.4, -0.2) is 11.7 Å². The van der Waals surface area contributed by atoms with Gasteiger partial charge in [0.05, 0.1) is 29.1 Å². The highest BCUT2D eigenvalue weighted by Gasteiger charge is 2.27. The van der Waals surface area contributed by atoms with Gasteiger partial charge in [-0.25, -0.2) is 0 Å². The summed E-state index contributed by atoms with van der Waals surface area (Å²) in [4.78, 5) is 11.5. The fourth-order valence-electron chi connectivity index (χ4n) is 6.07. The molecule has 0 unspecified atom stereocenters. The zero-order chi connectivity index (χ0) is 28.6. The van der Waals surface area contributed by atoms with E-state index in [1.807, 2.05) is 48.7 Å². The maximum absolute atomic E-state index is 4.78. The van der Waals surface area contributed by atoms with E-state index in [1.165, 1.54) is 16.7 Å². The molecule has 3 nitrogen and oxygen atoms in total. The number of aromatic nitrogens is 1. The van der Waals surface area contributed by atoms with E-state index >= 15 is 0 Å². The number of anilines is 2. The van der Waals surface area contributed by atoms with Gasteiger partial charge in [-0.2, -0.15) is 0 Å². The summed E-state index contributed by atoms with van der Waals surface area (Å²) in [6.07, 6.45) is 3.79. The maximum Gasteiger partial charge on any atom is 0.0859 e. The van der Waals surface area contributed by atoms with Crippen LogP contribution in [0.1, 0.15) is 11.1 Å². The molecule has 1 aromatic heterocycles. The lowest BCUT2D eigenvalue weighted by molar-refractivity contribution is 0.966. The number of nitrogens with zero attached hydrogens (tertiary/aromatic N) is 3. The average molecular weight is 540 g/mol. The molecule has 0 atom stereocenters. The second kappa shape index (κ2) is 10.5. The second-order valence-electron chi connectivity index (χ2n) is 10.5. The first-order valence-corrected chi connectivity index (χ1v) is 14.0. The number of benzene rings is 5. The van der Waals surface area contributed by atoms with Crippen LogP contribution < -0.4 is 15.3 Å². The van der Waals surface area contributed by atoms with Crippen molar-refractivity contribution >= 4 is 46.8 Å². The van der Waals surface area contributed by atoms with Crippen molar-refractivity contribution in [1.29, 1.82) is 0 Å². The molecular formula is C39H29N3. The van der Waals surface area contributed by atoms with Crippen LogP contribution in [0.5, 0.6) is 0 Å². The summed E-state index contributed by atoms with van der Waals surface area (Å²) in [5.41, 5.74) is 12.2. The number of hydrogen-bond donors (Lipinski definition) is 0. The van der Waals surface area contributed by atoms with Gasteiger partial charge in [-0.1, -0.05) is 110 Å². The van der Waals surface area contributed by atoms with Crippen molar-refractivity contribution in [2.24, 2.45) is 4.99 Å². The number of aliphatic imine (C=N–C) groups is 1. The van der Waals surface area contributed by atoms with Gasteiger partial charge in [0.1, 0.15) is 0 Å². The molecule has 0 radical (unpaired) electrons. The Kier molecular flexibility index (Phi) is 6.33. The van der Waals surface area contributed by atoms with Gasteiger partial charge >= 0.3 is 0 Å². The Bertz CT molecular complexity index is 2120. The third-order valence-corrected chi connectivity index (χ3v) is 8.16. The van der Waals surface area contributed by atoms with E-state index in [-0.39, 0.29) is 0 Å². The molecule has 1 aliphatic rings. The Balaban J connectivity index is 1.38. The number of fused-ring (bicyclic) bond motifs is 5. The maximum atomic E-state index is 4.78. The Labute approximate surface area is 245 Å². The summed E-state index contributed by atoms with van der Waals surface area (Å²) in [7, 11) is 0. The lowest BCUT2D eigenvalue weighted by Crippen LogP contribution is -2.24. The van der Waals surface area contributed by atoms with Crippen molar-refractivity contribution in [2.45, 2.75) is 6.54 Å². The molecule has 6 aromatic rings. The molecule has 0 amide bonds. The highest BCUT2D eigenvalue weighted by molar-refractivity contribution is 5.98. The average Bonchev–Trinajstić information content (AvgIpc) is 3.05. The minimum absolute atomic E-state index is 0.688. The summed E-state index contributed by atoms with van der Waals surface area (Å²) < 4.78 is 0. The number of hydrogen-bond acceptors (Lipinski definition) is 3. The normalized spacial score (nSPS) is 12.8. The van der Waals surface area contributed by atoms with Gasteiger partial charge in [-0.05, 0) is 69.2 Å². The third-order valence-electron chi connectivity index (χ3n) is 8.16. The standard InChI is InChI=1S/C39H29N3/c1-4-31(32-12-6-5-10-26(32)2)28-17-15-27(16-18-28)30-20-22-34-33-21-19-29-11-9-23-41-39(29)35(33)25-42(38(34)24-30)37-14-8-7-13-36(37)40-3/h4-24H,1-3,25H2/b32-31+. The monoisotopic (exact) mass is 539 g/mol. The van der Waals surface area contributed by atoms with Crippen LogP contribution in [0.25, 0.3) is 45.3 Å². The number of allylic oxidation sites excluding steroid dienone is 1. The molecule has 1 aliphatic heterocycles. The van der Waals surface area contributed by atoms with Crippen molar-refractivity contribution < 1.29 is 0 Å². The minimum Gasteiger partial charge on any atom is -0.335 e. The molecule has 7 rings (SSSR count). The smallest absolute Gasteiger partial charge is 0.0859 e. The van der Waals surface area contributed by atoms with E-state index in [9.17, 15) is 0 Å². The molecule has 0 aliphatic carbocycles. The van der Waals surface area contributed by atoms with Gasteiger partial charge < -0.3 is 4.90 Å². The first kappa shape index (κ1) is 25.4. The van der Waals surface area contributed by atoms with Crippen LogP contribution >= 0.6 is 0 Å². The summed E-state index contributed by atoms with van der Waals surface area (Å²) in [5.74, 6) is 0. The van der Waals surface area contributed by atoms with E-state index < -0.39 is 0 Å². The summed E-state index contributed by atoms with van der Waals surface area (Å²) in [6, 6.07) is 40.3. The molecule has 0 saturated carbocycles. The minimum atomic E-state index is 0.688. The highest BCUT2D eigenvalue weighted by atomic mass is 15.2. The van der Waals surface area contributed by atoms with E-state index in [1.54, 1.807) is 0 Å². The van der Waals surface area contributed by atoms with E-state index in [0.29, 0.717) is 6.54 Å². The van der Waals surface area contributed by atoms with Gasteiger partial charge in [0.25, 0.3) is 0 Å². The Morgan fingerprint density at radius 2 is 1.52 bits per heavy atom. The summed E-state index contributed by atoms with van der Waals surface area (Å²) in [5, 5.41) is 3.23. The van der Waals surface area contributed by atoms with Gasteiger partial charge in [-0.15, -0.1) is 0 Å². The molecule has 3 heteroatoms. The molecule has 0 spiro atoms. The van der Waals surface area contributed by atoms with Crippen LogP contribution in [0.2, 0.25) is 0 Å². The topological polar surface area (TPSA) is 28.5 Å². The van der Waals surface area contributed by atoms with Crippen molar-refractivity contribution in [3.05, 3.63) is 156 Å². The van der Waals surface area contributed by atoms with Crippen molar-refractivity contribution in [2.75, 3.05) is 4.90 Å². The Hall–Kier alpha value is -5.54. The number of para-hydroxylation sites is 2. The molecule has 42 heavy (non-hydrogen) atoms. The molecule has 0 fully saturated rings. The zero-order valence-corrected chi connectivity index (χ0v) is 23.3. The van der Waals surface area contributed by atoms with Gasteiger partial charge in [0.15, 0.2) is 0 Å². The number of pyridine rings is 1.